The summed E-state index contributed by atoms with van der Waals surface area (Å²) >= 11 is 0. The molecule has 0 bridgehead atoms. The lowest BCUT2D eigenvalue weighted by molar-refractivity contribution is -0.119. The third-order valence-corrected chi connectivity index (χ3v) is 1.93. The summed E-state index contributed by atoms with van der Waals surface area (Å²) in [6.45, 7) is -0.824. The summed E-state index contributed by atoms with van der Waals surface area (Å²) in [5, 5.41) is 0. The molecule has 0 aliphatic rings. The van der Waals surface area contributed by atoms with Crippen LogP contribution in [0.15, 0.2) is 18.5 Å². The molecule has 1 rings (SSSR count). The number of nitrogens with two attached hydrogens (primary N) is 1. The van der Waals surface area contributed by atoms with Crippen molar-refractivity contribution in [1.29, 1.82) is 0 Å². The molecule has 3 nitrogen and oxygen atoms in total. The highest BCUT2D eigenvalue weighted by Crippen LogP contribution is 2.22. The molecule has 0 amide bonds. The number of alkyl halides is 3. The van der Waals surface area contributed by atoms with Crippen molar-refractivity contribution in [2.24, 2.45) is 5.73 Å². The van der Waals surface area contributed by atoms with Crippen LogP contribution in [0.3, 0.4) is 0 Å². The number of pyridine rings is 1. The fourth-order valence-corrected chi connectivity index (χ4v) is 1.30. The molecule has 0 saturated heterocycles. The van der Waals surface area contributed by atoms with E-state index in [0.717, 1.165) is 4.90 Å². The van der Waals surface area contributed by atoms with Crippen LogP contribution in [0.4, 0.5) is 18.9 Å². The van der Waals surface area contributed by atoms with E-state index in [0.29, 0.717) is 11.3 Å². The van der Waals surface area contributed by atoms with Gasteiger partial charge in [-0.05, 0) is 6.07 Å². The van der Waals surface area contributed by atoms with Gasteiger partial charge in [-0.15, -0.1) is 0 Å². The van der Waals surface area contributed by atoms with Crippen molar-refractivity contribution in [3.05, 3.63) is 24.0 Å². The maximum atomic E-state index is 12.1. The van der Waals surface area contributed by atoms with Crippen LogP contribution in [0.5, 0.6) is 0 Å². The maximum absolute atomic E-state index is 12.1. The highest BCUT2D eigenvalue weighted by Gasteiger charge is 2.29. The minimum Gasteiger partial charge on any atom is -0.365 e. The van der Waals surface area contributed by atoms with Gasteiger partial charge in [-0.3, -0.25) is 4.98 Å². The Bertz CT molecular complexity index is 325. The largest absolute Gasteiger partial charge is 0.405 e. The number of aromatic nitrogens is 1. The standard InChI is InChI=1S/C9H12F3N3/c1-15(6-9(10,11)12)8-2-3-14-5-7(8)4-13/h2-3,5H,4,6,13H2,1H3. The van der Waals surface area contributed by atoms with Crippen LogP contribution in [0.2, 0.25) is 0 Å². The Kier molecular flexibility index (Phi) is 3.52. The summed E-state index contributed by atoms with van der Waals surface area (Å²) in [5.41, 5.74) is 6.47. The summed E-state index contributed by atoms with van der Waals surface area (Å²) in [6.07, 6.45) is -1.30. The van der Waals surface area contributed by atoms with Gasteiger partial charge in [0.15, 0.2) is 0 Å². The SMILES string of the molecule is CN(CC(F)(F)F)c1ccncc1CN. The molecule has 0 unspecified atom stereocenters. The van der Waals surface area contributed by atoms with Crippen molar-refractivity contribution in [1.82, 2.24) is 4.98 Å². The summed E-state index contributed by atoms with van der Waals surface area (Å²) in [5.74, 6) is 0. The molecular formula is C9H12F3N3. The second-order valence-electron chi connectivity index (χ2n) is 3.18. The van der Waals surface area contributed by atoms with Crippen LogP contribution >= 0.6 is 0 Å². The van der Waals surface area contributed by atoms with Gasteiger partial charge in [-0.2, -0.15) is 13.2 Å². The van der Waals surface area contributed by atoms with Crippen LogP contribution < -0.4 is 10.6 Å². The lowest BCUT2D eigenvalue weighted by Crippen LogP contribution is -2.31. The number of rotatable bonds is 3. The lowest BCUT2D eigenvalue weighted by Gasteiger charge is -2.22. The predicted octanol–water partition coefficient (Wildman–Crippen LogP) is 1.54. The van der Waals surface area contributed by atoms with E-state index in [-0.39, 0.29) is 6.54 Å². The molecule has 0 fully saturated rings. The second-order valence-corrected chi connectivity index (χ2v) is 3.18. The normalized spacial score (nSPS) is 11.5. The molecule has 0 aliphatic carbocycles. The smallest absolute Gasteiger partial charge is 0.365 e. The molecule has 0 aromatic carbocycles. The Morgan fingerprint density at radius 1 is 1.47 bits per heavy atom. The van der Waals surface area contributed by atoms with Crippen LogP contribution in [-0.4, -0.2) is 24.8 Å². The quantitative estimate of drug-likeness (QED) is 0.838. The summed E-state index contributed by atoms with van der Waals surface area (Å²) in [6, 6.07) is 1.52. The van der Waals surface area contributed by atoms with Crippen LogP contribution in [0, 0.1) is 0 Å². The van der Waals surface area contributed by atoms with Crippen molar-refractivity contribution < 1.29 is 13.2 Å². The van der Waals surface area contributed by atoms with Crippen LogP contribution in [-0.2, 0) is 6.54 Å². The van der Waals surface area contributed by atoms with Gasteiger partial charge in [-0.25, -0.2) is 0 Å². The third kappa shape index (κ3) is 3.39. The molecule has 0 saturated carbocycles. The van der Waals surface area contributed by atoms with E-state index in [1.165, 1.54) is 25.5 Å². The van der Waals surface area contributed by atoms with Crippen molar-refractivity contribution in [2.75, 3.05) is 18.5 Å². The van der Waals surface area contributed by atoms with Crippen molar-refractivity contribution in [3.8, 4) is 0 Å². The van der Waals surface area contributed by atoms with Crippen LogP contribution in [0.1, 0.15) is 5.56 Å². The monoisotopic (exact) mass is 219 g/mol. The fraction of sp³-hybridized carbons (Fsp3) is 0.444. The first kappa shape index (κ1) is 11.8. The molecule has 0 aliphatic heterocycles. The number of halogens is 3. The van der Waals surface area contributed by atoms with Gasteiger partial charge < -0.3 is 10.6 Å². The number of anilines is 1. The zero-order valence-electron chi connectivity index (χ0n) is 8.25. The minimum absolute atomic E-state index is 0.172. The molecule has 2 N–H and O–H groups in total. The molecule has 0 atom stereocenters. The summed E-state index contributed by atoms with van der Waals surface area (Å²) in [4.78, 5) is 4.92. The highest BCUT2D eigenvalue weighted by atomic mass is 19.4. The van der Waals surface area contributed by atoms with Gasteiger partial charge in [0.05, 0.1) is 0 Å². The zero-order chi connectivity index (χ0) is 11.5. The third-order valence-electron chi connectivity index (χ3n) is 1.93. The number of hydrogen-bond donors (Lipinski definition) is 1. The fourth-order valence-electron chi connectivity index (χ4n) is 1.30. The van der Waals surface area contributed by atoms with E-state index in [2.05, 4.69) is 4.98 Å². The number of nitrogens with zero attached hydrogens (tertiary/aromatic N) is 2. The van der Waals surface area contributed by atoms with Gasteiger partial charge >= 0.3 is 6.18 Å². The van der Waals surface area contributed by atoms with Gasteiger partial charge in [0.2, 0.25) is 0 Å². The lowest BCUT2D eigenvalue weighted by atomic mass is 10.2. The Hall–Kier alpha value is -1.30. The molecule has 0 radical (unpaired) electrons. The zero-order valence-corrected chi connectivity index (χ0v) is 8.25. The van der Waals surface area contributed by atoms with E-state index in [4.69, 9.17) is 5.73 Å². The van der Waals surface area contributed by atoms with Crippen molar-refractivity contribution >= 4 is 5.69 Å². The van der Waals surface area contributed by atoms with Crippen molar-refractivity contribution in [2.45, 2.75) is 12.7 Å². The molecule has 1 aromatic rings. The minimum atomic E-state index is -4.22. The average Bonchev–Trinajstić information content (AvgIpc) is 2.15. The molecule has 0 spiro atoms. The first-order chi connectivity index (χ1) is 6.94. The molecule has 15 heavy (non-hydrogen) atoms. The Balaban J connectivity index is 2.86. The molecule has 6 heteroatoms. The Morgan fingerprint density at radius 3 is 2.67 bits per heavy atom. The summed E-state index contributed by atoms with van der Waals surface area (Å²) in [7, 11) is 1.38. The van der Waals surface area contributed by atoms with E-state index in [1.54, 1.807) is 0 Å². The van der Waals surface area contributed by atoms with Crippen molar-refractivity contribution in [3.63, 3.8) is 0 Å². The Labute approximate surface area is 85.7 Å². The second kappa shape index (κ2) is 4.48. The first-order valence-electron chi connectivity index (χ1n) is 4.35. The highest BCUT2D eigenvalue weighted by molar-refractivity contribution is 5.51. The molecular weight excluding hydrogens is 207 g/mol. The molecule has 1 aromatic heterocycles. The first-order valence-corrected chi connectivity index (χ1v) is 4.35. The van der Waals surface area contributed by atoms with Gasteiger partial charge in [0.1, 0.15) is 6.54 Å². The van der Waals surface area contributed by atoms with E-state index in [9.17, 15) is 13.2 Å². The molecule has 1 heterocycles. The Morgan fingerprint density at radius 2 is 2.13 bits per heavy atom. The van der Waals surface area contributed by atoms with Gasteiger partial charge in [-0.1, -0.05) is 0 Å². The summed E-state index contributed by atoms with van der Waals surface area (Å²) < 4.78 is 36.4. The number of hydrogen-bond acceptors (Lipinski definition) is 3. The van der Waals surface area contributed by atoms with E-state index >= 15 is 0 Å². The average molecular weight is 219 g/mol. The van der Waals surface area contributed by atoms with Gasteiger partial charge in [0, 0.05) is 37.2 Å². The van der Waals surface area contributed by atoms with E-state index in [1.807, 2.05) is 0 Å². The topological polar surface area (TPSA) is 42.2 Å². The van der Waals surface area contributed by atoms with Gasteiger partial charge in [0.25, 0.3) is 0 Å². The molecule has 84 valence electrons. The predicted molar refractivity (Wildman–Crippen MR) is 51.5 cm³/mol. The van der Waals surface area contributed by atoms with E-state index < -0.39 is 12.7 Å². The maximum Gasteiger partial charge on any atom is 0.405 e. The van der Waals surface area contributed by atoms with Crippen LogP contribution in [0.25, 0.3) is 0 Å².